The van der Waals surface area contributed by atoms with Gasteiger partial charge in [-0.2, -0.15) is 0 Å². The molecule has 0 aliphatic carbocycles. The van der Waals surface area contributed by atoms with Crippen LogP contribution < -0.4 is 0 Å². The molecule has 1 unspecified atom stereocenters. The number of benzene rings is 1. The molecule has 1 rings (SSSR count). The molecule has 0 aliphatic heterocycles. The minimum absolute atomic E-state index is 0.166. The summed E-state index contributed by atoms with van der Waals surface area (Å²) >= 11 is 0. The Hall–Kier alpha value is -1.55. The lowest BCUT2D eigenvalue weighted by Crippen LogP contribution is -2.18. The zero-order valence-corrected chi connectivity index (χ0v) is 8.77. The molecule has 0 bridgehead atoms. The number of hydrogen-bond donors (Lipinski definition) is 1. The Balaban J connectivity index is 2.88. The number of aromatic hydroxyl groups is 1. The molecule has 0 spiro atoms. The average Bonchev–Trinajstić information content (AvgIpc) is 2.26. The van der Waals surface area contributed by atoms with E-state index in [1.807, 2.05) is 0 Å². The van der Waals surface area contributed by atoms with Crippen LogP contribution in [0.4, 0.5) is 0 Å². The quantitative estimate of drug-likeness (QED) is 0.761. The number of phenolic OH excluding ortho intramolecular Hbond substituents is 1. The van der Waals surface area contributed by atoms with Crippen LogP contribution in [0.2, 0.25) is 0 Å². The summed E-state index contributed by atoms with van der Waals surface area (Å²) in [6, 6.07) is 6.41. The maximum absolute atomic E-state index is 11.4. The highest BCUT2D eigenvalue weighted by Crippen LogP contribution is 2.20. The molecule has 4 heteroatoms. The first-order valence-electron chi connectivity index (χ1n) is 4.54. The van der Waals surface area contributed by atoms with Gasteiger partial charge in [-0.25, -0.2) is 0 Å². The molecule has 1 aromatic rings. The monoisotopic (exact) mass is 210 g/mol. The van der Waals surface area contributed by atoms with Crippen molar-refractivity contribution < 1.29 is 19.4 Å². The van der Waals surface area contributed by atoms with Crippen LogP contribution in [0, 0.1) is 0 Å². The van der Waals surface area contributed by atoms with E-state index < -0.39 is 5.92 Å². The predicted molar refractivity (Wildman–Crippen MR) is 54.7 cm³/mol. The van der Waals surface area contributed by atoms with E-state index in [4.69, 9.17) is 9.84 Å². The molecule has 1 aromatic carbocycles. The van der Waals surface area contributed by atoms with Gasteiger partial charge in [-0.3, -0.25) is 4.79 Å². The molecule has 0 aromatic heterocycles. The Morgan fingerprint density at radius 1 is 1.33 bits per heavy atom. The van der Waals surface area contributed by atoms with E-state index in [-0.39, 0.29) is 18.3 Å². The summed E-state index contributed by atoms with van der Waals surface area (Å²) in [6.07, 6.45) is 0. The fraction of sp³-hybridized carbons (Fsp3) is 0.364. The van der Waals surface area contributed by atoms with E-state index in [0.29, 0.717) is 0 Å². The number of carbonyl (C=O) groups excluding carboxylic acids is 1. The normalized spacial score (nSPS) is 12.1. The van der Waals surface area contributed by atoms with Crippen molar-refractivity contribution in [1.29, 1.82) is 0 Å². The van der Waals surface area contributed by atoms with E-state index in [9.17, 15) is 4.79 Å². The van der Waals surface area contributed by atoms with E-state index >= 15 is 0 Å². The Labute approximate surface area is 88.4 Å². The van der Waals surface area contributed by atoms with Gasteiger partial charge in [0.1, 0.15) is 11.7 Å². The molecule has 0 radical (unpaired) electrons. The van der Waals surface area contributed by atoms with Crippen LogP contribution in [0.3, 0.4) is 0 Å². The van der Waals surface area contributed by atoms with Crippen LogP contribution in [0.25, 0.3) is 0 Å². The van der Waals surface area contributed by atoms with Gasteiger partial charge in [-0.15, -0.1) is 0 Å². The molecule has 0 saturated heterocycles. The molecule has 82 valence electrons. The largest absolute Gasteiger partial charge is 0.508 e. The van der Waals surface area contributed by atoms with Gasteiger partial charge in [0.05, 0.1) is 13.7 Å². The van der Waals surface area contributed by atoms with Gasteiger partial charge < -0.3 is 14.6 Å². The molecule has 4 nitrogen and oxygen atoms in total. The minimum Gasteiger partial charge on any atom is -0.508 e. The Bertz CT molecular complexity index is 318. The number of methoxy groups -OCH3 is 2. The van der Waals surface area contributed by atoms with Crippen LogP contribution in [0.15, 0.2) is 24.3 Å². The van der Waals surface area contributed by atoms with Crippen LogP contribution in [0.1, 0.15) is 11.5 Å². The summed E-state index contributed by atoms with van der Waals surface area (Å²) in [4.78, 5) is 11.4. The molecular weight excluding hydrogens is 196 g/mol. The maximum atomic E-state index is 11.4. The van der Waals surface area contributed by atoms with E-state index in [1.54, 1.807) is 12.1 Å². The van der Waals surface area contributed by atoms with Crippen molar-refractivity contribution in [3.8, 4) is 5.75 Å². The second-order valence-corrected chi connectivity index (χ2v) is 3.12. The number of esters is 1. The number of hydrogen-bond acceptors (Lipinski definition) is 4. The van der Waals surface area contributed by atoms with Gasteiger partial charge in [0.25, 0.3) is 0 Å². The zero-order valence-electron chi connectivity index (χ0n) is 8.77. The van der Waals surface area contributed by atoms with Crippen molar-refractivity contribution in [3.05, 3.63) is 29.8 Å². The highest BCUT2D eigenvalue weighted by Gasteiger charge is 2.20. The van der Waals surface area contributed by atoms with Gasteiger partial charge >= 0.3 is 5.97 Å². The van der Waals surface area contributed by atoms with Crippen molar-refractivity contribution in [2.45, 2.75) is 5.92 Å². The smallest absolute Gasteiger partial charge is 0.315 e. The highest BCUT2D eigenvalue weighted by molar-refractivity contribution is 5.78. The summed E-state index contributed by atoms with van der Waals surface area (Å²) in [5.74, 6) is -0.622. The lowest BCUT2D eigenvalue weighted by atomic mass is 10.0. The summed E-state index contributed by atoms with van der Waals surface area (Å²) in [7, 11) is 2.86. The lowest BCUT2D eigenvalue weighted by molar-refractivity contribution is -0.143. The van der Waals surface area contributed by atoms with Gasteiger partial charge in [0.2, 0.25) is 0 Å². The molecule has 0 aliphatic rings. The summed E-state index contributed by atoms with van der Waals surface area (Å²) in [6.45, 7) is 0.261. The zero-order chi connectivity index (χ0) is 11.3. The number of phenols is 1. The summed E-state index contributed by atoms with van der Waals surface area (Å²) in [5.41, 5.74) is 0.765. The average molecular weight is 210 g/mol. The Morgan fingerprint density at radius 3 is 2.40 bits per heavy atom. The third kappa shape index (κ3) is 2.95. The maximum Gasteiger partial charge on any atom is 0.315 e. The number of rotatable bonds is 4. The third-order valence-corrected chi connectivity index (χ3v) is 2.11. The molecule has 1 N–H and O–H groups in total. The second kappa shape index (κ2) is 5.36. The first-order valence-corrected chi connectivity index (χ1v) is 4.54. The standard InChI is InChI=1S/C11H14O4/c1-14-7-10(11(13)15-2)8-3-5-9(12)6-4-8/h3-6,10,12H,7H2,1-2H3. The first-order chi connectivity index (χ1) is 7.19. The van der Waals surface area contributed by atoms with Gasteiger partial charge in [0, 0.05) is 7.11 Å². The SMILES string of the molecule is COCC(C(=O)OC)c1ccc(O)cc1. The van der Waals surface area contributed by atoms with Gasteiger partial charge in [-0.05, 0) is 17.7 Å². The van der Waals surface area contributed by atoms with Crippen molar-refractivity contribution >= 4 is 5.97 Å². The third-order valence-electron chi connectivity index (χ3n) is 2.11. The molecular formula is C11H14O4. The Kier molecular flexibility index (Phi) is 4.12. The second-order valence-electron chi connectivity index (χ2n) is 3.12. The molecule has 1 atom stereocenters. The van der Waals surface area contributed by atoms with Crippen molar-refractivity contribution in [1.82, 2.24) is 0 Å². The van der Waals surface area contributed by atoms with Crippen molar-refractivity contribution in [2.75, 3.05) is 20.8 Å². The fourth-order valence-electron chi connectivity index (χ4n) is 1.32. The van der Waals surface area contributed by atoms with Crippen molar-refractivity contribution in [3.63, 3.8) is 0 Å². The summed E-state index contributed by atoms with van der Waals surface area (Å²) < 4.78 is 9.62. The summed E-state index contributed by atoms with van der Waals surface area (Å²) in [5, 5.41) is 9.12. The van der Waals surface area contributed by atoms with E-state index in [2.05, 4.69) is 4.74 Å². The van der Waals surface area contributed by atoms with Crippen LogP contribution in [-0.2, 0) is 14.3 Å². The predicted octanol–water partition coefficient (Wildman–Crippen LogP) is 1.30. The molecule has 0 amide bonds. The molecule has 0 saturated carbocycles. The number of ether oxygens (including phenoxy) is 2. The first kappa shape index (κ1) is 11.5. The molecule has 15 heavy (non-hydrogen) atoms. The fourth-order valence-corrected chi connectivity index (χ4v) is 1.32. The topological polar surface area (TPSA) is 55.8 Å². The van der Waals surface area contributed by atoms with Crippen LogP contribution in [-0.4, -0.2) is 31.9 Å². The lowest BCUT2D eigenvalue weighted by Gasteiger charge is -2.13. The van der Waals surface area contributed by atoms with Crippen LogP contribution in [0.5, 0.6) is 5.75 Å². The van der Waals surface area contributed by atoms with E-state index in [1.165, 1.54) is 26.4 Å². The minimum atomic E-state index is -0.444. The molecule has 0 fully saturated rings. The van der Waals surface area contributed by atoms with Crippen LogP contribution >= 0.6 is 0 Å². The van der Waals surface area contributed by atoms with E-state index in [0.717, 1.165) is 5.56 Å². The van der Waals surface area contributed by atoms with Gasteiger partial charge in [-0.1, -0.05) is 12.1 Å². The highest BCUT2D eigenvalue weighted by atomic mass is 16.5. The van der Waals surface area contributed by atoms with Crippen molar-refractivity contribution in [2.24, 2.45) is 0 Å². The molecule has 0 heterocycles. The van der Waals surface area contributed by atoms with Gasteiger partial charge in [0.15, 0.2) is 0 Å². The Morgan fingerprint density at radius 2 is 1.93 bits per heavy atom. The number of carbonyl (C=O) groups is 1.